The molecule has 4 N–H and O–H groups in total. The standard InChI is InChI=1S/C48H66N8O6/c1-27(2)55-29(5)47(7,8)33-21-31(35(23-37(33)55)51-45(61)49-25-39(57)53-17-13-11-14-18-53)41-43(59)42(44(41)60)32-22-34-38(56(28(3)4)30(6)48(34,9)10)24-36(32)52-46(62)50-26-40(58)54-19-15-12-16-20-54/h21-24,27-30,59H,11-20,25-26H2,1-10H3,(H,49,61)(H2,50,52,62). The van der Waals surface area contributed by atoms with Crippen LogP contribution < -0.4 is 20.9 Å². The van der Waals surface area contributed by atoms with Crippen molar-refractivity contribution < 1.29 is 29.1 Å². The minimum atomic E-state index is -0.727. The number of fused-ring (bicyclic) bond motifs is 2. The lowest BCUT2D eigenvalue weighted by Gasteiger charge is -2.34. The molecule has 0 spiro atoms. The Hall–Kier alpha value is -5.40. The van der Waals surface area contributed by atoms with E-state index in [1.54, 1.807) is 9.80 Å². The van der Waals surface area contributed by atoms with Crippen molar-refractivity contribution in [1.82, 2.24) is 25.3 Å². The summed E-state index contributed by atoms with van der Waals surface area (Å²) in [5.74, 6) is -1.06. The molecule has 2 aliphatic carbocycles. The number of anilines is 2. The van der Waals surface area contributed by atoms with Gasteiger partial charge in [-0.1, -0.05) is 27.7 Å². The molecule has 6 aliphatic rings. The van der Waals surface area contributed by atoms with E-state index in [1.165, 1.54) is 0 Å². The molecular formula is C48H66N8O6. The molecule has 62 heavy (non-hydrogen) atoms. The molecule has 0 saturated carbocycles. The van der Waals surface area contributed by atoms with Crippen LogP contribution in [0.1, 0.15) is 119 Å². The Balaban J connectivity index is 1.30. The van der Waals surface area contributed by atoms with Crippen molar-refractivity contribution in [3.8, 4) is 0 Å². The van der Waals surface area contributed by atoms with Crippen molar-refractivity contribution in [3.63, 3.8) is 0 Å². The third kappa shape index (κ3) is 7.94. The minimum Gasteiger partial charge on any atom is -0.506 e. The summed E-state index contributed by atoms with van der Waals surface area (Å²) in [6.45, 7) is 23.6. The third-order valence-corrected chi connectivity index (χ3v) is 14.4. The molecule has 0 radical (unpaired) electrons. The summed E-state index contributed by atoms with van der Waals surface area (Å²) in [5, 5.41) is 20.5. The summed E-state index contributed by atoms with van der Waals surface area (Å²) in [6, 6.07) is 2.81. The van der Waals surface area contributed by atoms with Gasteiger partial charge in [-0.2, -0.15) is 4.99 Å². The monoisotopic (exact) mass is 851 g/mol. The van der Waals surface area contributed by atoms with Gasteiger partial charge in [0.05, 0.1) is 35.6 Å². The van der Waals surface area contributed by atoms with E-state index in [4.69, 9.17) is 0 Å². The van der Waals surface area contributed by atoms with Crippen LogP contribution in [0.3, 0.4) is 0 Å². The number of benzene rings is 1. The number of rotatable bonds is 8. The van der Waals surface area contributed by atoms with Gasteiger partial charge in [-0.05, 0) is 115 Å². The van der Waals surface area contributed by atoms with Gasteiger partial charge in [0.25, 0.3) is 0 Å². The summed E-state index contributed by atoms with van der Waals surface area (Å²) in [7, 11) is 0. The van der Waals surface area contributed by atoms with Crippen LogP contribution in [0.15, 0.2) is 57.5 Å². The van der Waals surface area contributed by atoms with Gasteiger partial charge in [0.2, 0.25) is 17.6 Å². The normalized spacial score (nSPS) is 24.8. The Labute approximate surface area is 366 Å². The molecule has 2 unspecified atom stereocenters. The van der Waals surface area contributed by atoms with Gasteiger partial charge in [0.1, 0.15) is 5.76 Å². The highest BCUT2D eigenvalue weighted by molar-refractivity contribution is 6.42. The summed E-state index contributed by atoms with van der Waals surface area (Å²) in [4.78, 5) is 80.4. The summed E-state index contributed by atoms with van der Waals surface area (Å²) in [6.07, 6.45) is 9.57. The zero-order valence-electron chi connectivity index (χ0n) is 38.3. The topological polar surface area (TPSA) is 167 Å². The van der Waals surface area contributed by atoms with Gasteiger partial charge in [-0.25, -0.2) is 9.59 Å². The number of hydrogen-bond donors (Lipinski definition) is 4. The summed E-state index contributed by atoms with van der Waals surface area (Å²) < 4.78 is 0. The number of urea groups is 2. The molecule has 6 amide bonds. The highest BCUT2D eigenvalue weighted by Crippen LogP contribution is 2.53. The molecule has 2 atom stereocenters. The van der Waals surface area contributed by atoms with Gasteiger partial charge >= 0.3 is 12.1 Å². The predicted molar refractivity (Wildman–Crippen MR) is 243 cm³/mol. The van der Waals surface area contributed by atoms with E-state index in [2.05, 4.69) is 100.0 Å². The van der Waals surface area contributed by atoms with Gasteiger partial charge in [0, 0.05) is 83.7 Å². The number of nitrogens with one attached hydrogen (secondary N) is 3. The second-order valence-electron chi connectivity index (χ2n) is 19.5. The molecule has 3 saturated heterocycles. The van der Waals surface area contributed by atoms with Crippen molar-refractivity contribution in [2.45, 2.75) is 137 Å². The van der Waals surface area contributed by atoms with Crippen LogP contribution in [0.4, 0.5) is 21.0 Å². The van der Waals surface area contributed by atoms with Crippen LogP contribution in [0.25, 0.3) is 5.57 Å². The second-order valence-corrected chi connectivity index (χ2v) is 19.5. The van der Waals surface area contributed by atoms with Crippen LogP contribution >= 0.6 is 0 Å². The molecule has 1 aromatic carbocycles. The van der Waals surface area contributed by atoms with E-state index >= 15 is 0 Å². The first-order valence-electron chi connectivity index (χ1n) is 22.6. The number of carbonyl (C=O) groups is 5. The van der Waals surface area contributed by atoms with Crippen molar-refractivity contribution in [2.24, 2.45) is 10.4 Å². The number of nitrogens with zero attached hydrogens (tertiary/aromatic N) is 5. The van der Waals surface area contributed by atoms with E-state index in [1.807, 2.05) is 24.3 Å². The number of piperidine rings is 2. The van der Waals surface area contributed by atoms with Gasteiger partial charge in [-0.3, -0.25) is 14.4 Å². The number of aliphatic hydroxyl groups excluding tert-OH is 1. The fraction of sp³-hybridized carbons (Fsp3) is 0.583. The van der Waals surface area contributed by atoms with Crippen molar-refractivity contribution in [2.75, 3.05) is 49.5 Å². The molecule has 1 aromatic rings. The maximum Gasteiger partial charge on any atom is 0.341 e. The SMILES string of the molecule is CC(C)N1C2=CC(=NC(=O)NCC(=O)N3CCCCC3)C(=C3C(=O)C(c4cc5c(cc4NC(=O)NCC(=O)N4CCCCC4)N(C(C)C)C(C)C5(C)C)=C3O)C=C2C(C)(C)C1C. The highest BCUT2D eigenvalue weighted by Gasteiger charge is 2.49. The Morgan fingerprint density at radius 1 is 0.758 bits per heavy atom. The molecular weight excluding hydrogens is 785 g/mol. The average molecular weight is 851 g/mol. The fourth-order valence-electron chi connectivity index (χ4n) is 10.3. The molecule has 14 nitrogen and oxygen atoms in total. The first kappa shape index (κ1) is 44.6. The zero-order valence-corrected chi connectivity index (χ0v) is 38.3. The van der Waals surface area contributed by atoms with E-state index in [0.29, 0.717) is 43.0 Å². The predicted octanol–water partition coefficient (Wildman–Crippen LogP) is 6.99. The Kier molecular flexibility index (Phi) is 12.3. The van der Waals surface area contributed by atoms with Crippen molar-refractivity contribution in [3.05, 3.63) is 63.6 Å². The lowest BCUT2D eigenvalue weighted by molar-refractivity contribution is -0.131. The Bertz CT molecular complexity index is 2220. The third-order valence-electron chi connectivity index (χ3n) is 14.4. The lowest BCUT2D eigenvalue weighted by atomic mass is 9.73. The molecule has 14 heteroatoms. The van der Waals surface area contributed by atoms with Gasteiger partial charge < -0.3 is 40.7 Å². The molecule has 0 aromatic heterocycles. The number of aliphatic imine (C=N–C) groups is 1. The van der Waals surface area contributed by atoms with E-state index in [-0.39, 0.29) is 82.5 Å². The smallest absolute Gasteiger partial charge is 0.341 e. The summed E-state index contributed by atoms with van der Waals surface area (Å²) in [5.41, 5.74) is 4.22. The quantitative estimate of drug-likeness (QED) is 0.203. The van der Waals surface area contributed by atoms with Crippen LogP contribution in [-0.4, -0.2) is 119 Å². The largest absolute Gasteiger partial charge is 0.506 e. The van der Waals surface area contributed by atoms with Crippen LogP contribution in [0.2, 0.25) is 0 Å². The second kappa shape index (κ2) is 17.0. The van der Waals surface area contributed by atoms with Gasteiger partial charge in [-0.15, -0.1) is 0 Å². The number of allylic oxidation sites excluding steroid dienone is 6. The lowest BCUT2D eigenvalue weighted by Crippen LogP contribution is -2.43. The van der Waals surface area contributed by atoms with Crippen LogP contribution in [0, 0.1) is 5.41 Å². The number of Topliss-reactive ketones (excluding diaryl/α,β-unsaturated/α-hetero) is 1. The molecule has 0 bridgehead atoms. The van der Waals surface area contributed by atoms with Crippen molar-refractivity contribution in [1.29, 1.82) is 0 Å². The van der Waals surface area contributed by atoms with Crippen LogP contribution in [0.5, 0.6) is 0 Å². The number of hydrogen-bond acceptors (Lipinski definition) is 8. The molecule has 4 aliphatic heterocycles. The maximum atomic E-state index is 14.8. The highest BCUT2D eigenvalue weighted by atomic mass is 16.3. The number of aliphatic hydroxyl groups is 1. The molecule has 3 fully saturated rings. The molecule has 334 valence electrons. The fourth-order valence-corrected chi connectivity index (χ4v) is 10.3. The van der Waals surface area contributed by atoms with Gasteiger partial charge in [0.15, 0.2) is 0 Å². The summed E-state index contributed by atoms with van der Waals surface area (Å²) >= 11 is 0. The zero-order chi connectivity index (χ0) is 45.0. The number of ketones is 1. The van der Waals surface area contributed by atoms with Crippen LogP contribution in [-0.2, 0) is 19.8 Å². The molecule has 7 rings (SSSR count). The number of likely N-dealkylation sites (tertiary alicyclic amines) is 3. The Morgan fingerprint density at radius 2 is 1.31 bits per heavy atom. The minimum absolute atomic E-state index is 0.0182. The van der Waals surface area contributed by atoms with E-state index in [9.17, 15) is 29.1 Å². The number of amides is 6. The van der Waals surface area contributed by atoms with E-state index in [0.717, 1.165) is 61.0 Å². The number of carbonyl (C=O) groups excluding carboxylic acids is 5. The molecule has 4 heterocycles. The first-order chi connectivity index (χ1) is 29.2. The first-order valence-corrected chi connectivity index (χ1v) is 22.6. The Morgan fingerprint density at radius 3 is 1.85 bits per heavy atom. The van der Waals surface area contributed by atoms with Crippen molar-refractivity contribution >= 4 is 52.3 Å². The van der Waals surface area contributed by atoms with E-state index < -0.39 is 17.8 Å². The average Bonchev–Trinajstić information content (AvgIpc) is 3.55. The maximum absolute atomic E-state index is 14.8.